The fourth-order valence-corrected chi connectivity index (χ4v) is 2.01. The number of nitrogens with zero attached hydrogens (tertiary/aromatic N) is 1. The SMILES string of the molecule is CC(C)c1ccc2o[13c](-c3ccccc3)nc2c1. The average Bonchev–Trinajstić information content (AvgIpc) is 2.82. The zero-order chi connectivity index (χ0) is 12.5. The van der Waals surface area contributed by atoms with Crippen LogP contribution in [0.15, 0.2) is 52.9 Å². The Morgan fingerprint density at radius 1 is 1.00 bits per heavy atom. The maximum absolute atomic E-state index is 5.78. The fourth-order valence-electron chi connectivity index (χ4n) is 2.01. The van der Waals surface area contributed by atoms with E-state index in [1.165, 1.54) is 5.56 Å². The third-order valence-electron chi connectivity index (χ3n) is 3.10. The molecule has 1 heterocycles. The molecule has 0 saturated heterocycles. The molecule has 2 aromatic carbocycles. The zero-order valence-corrected chi connectivity index (χ0v) is 10.6. The molecule has 0 fully saturated rings. The van der Waals surface area contributed by atoms with Crippen molar-refractivity contribution in [3.05, 3.63) is 54.1 Å². The van der Waals surface area contributed by atoms with E-state index in [1.807, 2.05) is 36.4 Å². The van der Waals surface area contributed by atoms with Crippen molar-refractivity contribution in [2.75, 3.05) is 0 Å². The first kappa shape index (κ1) is 11.0. The predicted molar refractivity (Wildman–Crippen MR) is 73.5 cm³/mol. The van der Waals surface area contributed by atoms with E-state index in [9.17, 15) is 0 Å². The van der Waals surface area contributed by atoms with Crippen molar-refractivity contribution in [2.45, 2.75) is 19.8 Å². The van der Waals surface area contributed by atoms with Crippen molar-refractivity contribution in [3.8, 4) is 11.5 Å². The second-order valence-corrected chi connectivity index (χ2v) is 4.77. The molecule has 90 valence electrons. The lowest BCUT2D eigenvalue weighted by Crippen LogP contribution is -1.85. The second-order valence-electron chi connectivity index (χ2n) is 4.77. The van der Waals surface area contributed by atoms with Crippen LogP contribution in [0.5, 0.6) is 0 Å². The van der Waals surface area contributed by atoms with E-state index in [0.29, 0.717) is 11.8 Å². The lowest BCUT2D eigenvalue weighted by molar-refractivity contribution is 0.619. The van der Waals surface area contributed by atoms with E-state index in [2.05, 4.69) is 31.0 Å². The summed E-state index contributed by atoms with van der Waals surface area (Å²) in [5, 5.41) is 0. The molecule has 0 N–H and O–H groups in total. The fraction of sp³-hybridized carbons (Fsp3) is 0.188. The summed E-state index contributed by atoms with van der Waals surface area (Å²) in [6.45, 7) is 4.36. The predicted octanol–water partition coefficient (Wildman–Crippen LogP) is 4.62. The Bertz CT molecular complexity index is 668. The third-order valence-corrected chi connectivity index (χ3v) is 3.10. The Balaban J connectivity index is 2.11. The average molecular weight is 238 g/mol. The molecule has 0 unspecified atom stereocenters. The highest BCUT2D eigenvalue weighted by Crippen LogP contribution is 2.26. The van der Waals surface area contributed by atoms with Gasteiger partial charge in [-0.15, -0.1) is 0 Å². The number of fused-ring (bicyclic) bond motifs is 1. The summed E-state index contributed by atoms with van der Waals surface area (Å²) in [4.78, 5) is 4.56. The molecule has 0 aliphatic rings. The highest BCUT2D eigenvalue weighted by atomic mass is 16.4. The van der Waals surface area contributed by atoms with Gasteiger partial charge in [-0.05, 0) is 35.7 Å². The highest BCUT2D eigenvalue weighted by Gasteiger charge is 2.09. The molecule has 2 heteroatoms. The highest BCUT2D eigenvalue weighted by molar-refractivity contribution is 5.77. The van der Waals surface area contributed by atoms with E-state index in [1.54, 1.807) is 0 Å². The van der Waals surface area contributed by atoms with Crippen molar-refractivity contribution >= 4 is 11.1 Å². The maximum Gasteiger partial charge on any atom is 0.227 e. The molecule has 0 aliphatic heterocycles. The van der Waals surface area contributed by atoms with Crippen LogP contribution in [0.3, 0.4) is 0 Å². The van der Waals surface area contributed by atoms with Crippen LogP contribution in [0.4, 0.5) is 0 Å². The van der Waals surface area contributed by atoms with E-state index < -0.39 is 0 Å². The topological polar surface area (TPSA) is 26.0 Å². The minimum absolute atomic E-state index is 0.506. The van der Waals surface area contributed by atoms with Crippen LogP contribution in [0.2, 0.25) is 0 Å². The van der Waals surface area contributed by atoms with Crippen LogP contribution in [-0.2, 0) is 0 Å². The van der Waals surface area contributed by atoms with Crippen LogP contribution in [0, 0.1) is 0 Å². The van der Waals surface area contributed by atoms with Crippen molar-refractivity contribution in [1.82, 2.24) is 4.98 Å². The molecule has 1 aromatic heterocycles. The Kier molecular flexibility index (Phi) is 2.63. The minimum Gasteiger partial charge on any atom is -0.436 e. The first-order valence-electron chi connectivity index (χ1n) is 6.20. The smallest absolute Gasteiger partial charge is 0.227 e. The summed E-state index contributed by atoms with van der Waals surface area (Å²) in [6.07, 6.45) is 0. The van der Waals surface area contributed by atoms with Gasteiger partial charge in [-0.3, -0.25) is 0 Å². The molecule has 18 heavy (non-hydrogen) atoms. The van der Waals surface area contributed by atoms with Gasteiger partial charge < -0.3 is 4.42 Å². The lowest BCUT2D eigenvalue weighted by Gasteiger charge is -2.02. The summed E-state index contributed by atoms with van der Waals surface area (Å²) in [5.41, 5.74) is 4.08. The first-order chi connectivity index (χ1) is 8.74. The molecule has 0 spiro atoms. The molecule has 0 radical (unpaired) electrons. The normalized spacial score (nSPS) is 11.3. The molecule has 0 atom stereocenters. The van der Waals surface area contributed by atoms with Crippen molar-refractivity contribution in [2.24, 2.45) is 0 Å². The van der Waals surface area contributed by atoms with Gasteiger partial charge in [0.15, 0.2) is 5.58 Å². The van der Waals surface area contributed by atoms with E-state index >= 15 is 0 Å². The minimum atomic E-state index is 0.506. The number of aromatic nitrogens is 1. The van der Waals surface area contributed by atoms with Gasteiger partial charge in [0.1, 0.15) is 5.52 Å². The van der Waals surface area contributed by atoms with Gasteiger partial charge in [-0.1, -0.05) is 38.1 Å². The summed E-state index contributed by atoms with van der Waals surface area (Å²) in [5.74, 6) is 1.19. The standard InChI is InChI=1S/C16H15NO/c1-11(2)13-8-9-15-14(10-13)17-16(18-15)12-6-4-3-5-7-12/h3-11H,1-2H3/i16+1. The van der Waals surface area contributed by atoms with Crippen LogP contribution in [-0.4, -0.2) is 4.98 Å². The van der Waals surface area contributed by atoms with Crippen LogP contribution < -0.4 is 0 Å². The van der Waals surface area contributed by atoms with E-state index in [0.717, 1.165) is 16.7 Å². The third kappa shape index (κ3) is 1.90. The Morgan fingerprint density at radius 2 is 1.78 bits per heavy atom. The van der Waals surface area contributed by atoms with E-state index in [4.69, 9.17) is 4.42 Å². The zero-order valence-electron chi connectivity index (χ0n) is 10.6. The monoisotopic (exact) mass is 238 g/mol. The van der Waals surface area contributed by atoms with Gasteiger partial charge in [0, 0.05) is 5.56 Å². The van der Waals surface area contributed by atoms with Crippen LogP contribution >= 0.6 is 0 Å². The number of benzene rings is 2. The molecule has 0 amide bonds. The number of hydrogen-bond acceptors (Lipinski definition) is 2. The molecule has 0 aliphatic carbocycles. The van der Waals surface area contributed by atoms with Crippen molar-refractivity contribution in [3.63, 3.8) is 0 Å². The van der Waals surface area contributed by atoms with Gasteiger partial charge in [0.2, 0.25) is 5.89 Å². The molecule has 0 saturated carbocycles. The summed E-state index contributed by atoms with van der Waals surface area (Å²) >= 11 is 0. The molecule has 3 rings (SSSR count). The summed E-state index contributed by atoms with van der Waals surface area (Å²) in [7, 11) is 0. The van der Waals surface area contributed by atoms with Gasteiger partial charge in [-0.25, -0.2) is 4.98 Å². The maximum atomic E-state index is 5.78. The molecule has 3 aromatic rings. The quantitative estimate of drug-likeness (QED) is 0.651. The Morgan fingerprint density at radius 3 is 2.50 bits per heavy atom. The number of rotatable bonds is 2. The van der Waals surface area contributed by atoms with Crippen LogP contribution in [0.1, 0.15) is 25.3 Å². The number of hydrogen-bond donors (Lipinski definition) is 0. The lowest BCUT2D eigenvalue weighted by atomic mass is 10.0. The number of oxazole rings is 1. The summed E-state index contributed by atoms with van der Waals surface area (Å²) < 4.78 is 5.78. The summed E-state index contributed by atoms with van der Waals surface area (Å²) in [6, 6.07) is 16.2. The van der Waals surface area contributed by atoms with Gasteiger partial charge >= 0.3 is 0 Å². The van der Waals surface area contributed by atoms with Crippen LogP contribution in [0.25, 0.3) is 22.6 Å². The van der Waals surface area contributed by atoms with Gasteiger partial charge in [0.05, 0.1) is 0 Å². The van der Waals surface area contributed by atoms with Crippen molar-refractivity contribution < 1.29 is 4.42 Å². The van der Waals surface area contributed by atoms with Crippen molar-refractivity contribution in [1.29, 1.82) is 0 Å². The molecule has 0 bridgehead atoms. The first-order valence-corrected chi connectivity index (χ1v) is 6.20. The molecular formula is C16H15NO. The molecular weight excluding hydrogens is 223 g/mol. The largest absolute Gasteiger partial charge is 0.436 e. The van der Waals surface area contributed by atoms with Gasteiger partial charge in [0.25, 0.3) is 0 Å². The van der Waals surface area contributed by atoms with E-state index in [-0.39, 0.29) is 0 Å². The van der Waals surface area contributed by atoms with Gasteiger partial charge in [-0.2, -0.15) is 0 Å². The molecule has 2 nitrogen and oxygen atoms in total. The Labute approximate surface area is 106 Å². The second kappa shape index (κ2) is 4.30. The Hall–Kier alpha value is -2.09.